The highest BCUT2D eigenvalue weighted by Gasteiger charge is 2.33. The van der Waals surface area contributed by atoms with Crippen molar-refractivity contribution in [2.45, 2.75) is 45.8 Å². The predicted molar refractivity (Wildman–Crippen MR) is 67.2 cm³/mol. The number of aryl methyl sites for hydroxylation is 1. The van der Waals surface area contributed by atoms with Crippen molar-refractivity contribution in [3.8, 4) is 0 Å². The van der Waals surface area contributed by atoms with E-state index in [1.165, 1.54) is 12.1 Å². The van der Waals surface area contributed by atoms with Crippen LogP contribution in [0.3, 0.4) is 0 Å². The first-order chi connectivity index (χ1) is 8.12. The maximum absolute atomic E-state index is 12.8. The first kappa shape index (κ1) is 15.0. The summed E-state index contributed by atoms with van der Waals surface area (Å²) in [5.41, 5.74) is 5.66. The molecular formula is C14H20F3N. The molecule has 0 aromatic heterocycles. The third-order valence-corrected chi connectivity index (χ3v) is 3.16. The molecule has 1 unspecified atom stereocenters. The Hall–Kier alpha value is -1.03. The largest absolute Gasteiger partial charge is 0.416 e. The fraction of sp³-hybridized carbons (Fsp3) is 0.571. The smallest absolute Gasteiger partial charge is 0.327 e. The number of benzene rings is 1. The Kier molecular flexibility index (Phi) is 4.43. The van der Waals surface area contributed by atoms with E-state index in [-0.39, 0.29) is 11.5 Å². The fourth-order valence-corrected chi connectivity index (χ4v) is 1.76. The van der Waals surface area contributed by atoms with E-state index in [4.69, 9.17) is 5.73 Å². The normalized spacial score (nSPS) is 14.6. The molecule has 0 saturated carbocycles. The molecule has 0 aliphatic heterocycles. The second-order valence-corrected chi connectivity index (χ2v) is 5.67. The number of rotatable bonds is 3. The second kappa shape index (κ2) is 5.31. The van der Waals surface area contributed by atoms with Crippen LogP contribution in [0, 0.1) is 5.41 Å². The van der Waals surface area contributed by atoms with Crippen molar-refractivity contribution in [2.24, 2.45) is 11.1 Å². The maximum Gasteiger partial charge on any atom is 0.416 e. The summed E-state index contributed by atoms with van der Waals surface area (Å²) in [5.74, 6) is 0. The Morgan fingerprint density at radius 3 is 2.17 bits per heavy atom. The topological polar surface area (TPSA) is 26.0 Å². The van der Waals surface area contributed by atoms with E-state index in [2.05, 4.69) is 0 Å². The van der Waals surface area contributed by atoms with Gasteiger partial charge in [0, 0.05) is 6.04 Å². The lowest BCUT2D eigenvalue weighted by Gasteiger charge is -2.27. The molecule has 0 saturated heterocycles. The van der Waals surface area contributed by atoms with Crippen LogP contribution >= 0.6 is 0 Å². The van der Waals surface area contributed by atoms with Gasteiger partial charge in [-0.05, 0) is 29.9 Å². The average molecular weight is 259 g/mol. The van der Waals surface area contributed by atoms with Crippen LogP contribution < -0.4 is 5.73 Å². The first-order valence-electron chi connectivity index (χ1n) is 6.03. The third kappa shape index (κ3) is 4.02. The van der Waals surface area contributed by atoms with Crippen LogP contribution in [0.15, 0.2) is 24.3 Å². The SMILES string of the molecule is CC(C)(C)C(N)CCc1ccccc1C(F)(F)F. The van der Waals surface area contributed by atoms with Crippen molar-refractivity contribution in [2.75, 3.05) is 0 Å². The van der Waals surface area contributed by atoms with Crippen molar-refractivity contribution < 1.29 is 13.2 Å². The maximum atomic E-state index is 12.8. The summed E-state index contributed by atoms with van der Waals surface area (Å²) >= 11 is 0. The highest BCUT2D eigenvalue weighted by molar-refractivity contribution is 5.29. The lowest BCUT2D eigenvalue weighted by molar-refractivity contribution is -0.138. The van der Waals surface area contributed by atoms with Gasteiger partial charge in [0.15, 0.2) is 0 Å². The van der Waals surface area contributed by atoms with Gasteiger partial charge < -0.3 is 5.73 Å². The van der Waals surface area contributed by atoms with Gasteiger partial charge in [0.05, 0.1) is 5.56 Å². The lowest BCUT2D eigenvalue weighted by atomic mass is 9.83. The fourth-order valence-electron chi connectivity index (χ4n) is 1.76. The van der Waals surface area contributed by atoms with Crippen LogP contribution in [-0.4, -0.2) is 6.04 Å². The third-order valence-electron chi connectivity index (χ3n) is 3.16. The molecule has 0 aliphatic rings. The highest BCUT2D eigenvalue weighted by atomic mass is 19.4. The molecule has 1 aromatic rings. The van der Waals surface area contributed by atoms with E-state index >= 15 is 0 Å². The summed E-state index contributed by atoms with van der Waals surface area (Å²) in [6.45, 7) is 5.98. The zero-order valence-electron chi connectivity index (χ0n) is 11.0. The molecule has 1 aromatic carbocycles. The van der Waals surface area contributed by atoms with Crippen molar-refractivity contribution >= 4 is 0 Å². The Morgan fingerprint density at radius 1 is 1.11 bits per heavy atom. The standard InChI is InChI=1S/C14H20F3N/c1-13(2,3)12(18)9-8-10-6-4-5-7-11(10)14(15,16)17/h4-7,12H,8-9,18H2,1-3H3. The van der Waals surface area contributed by atoms with Crippen LogP contribution in [0.1, 0.15) is 38.3 Å². The summed E-state index contributed by atoms with van der Waals surface area (Å²) < 4.78 is 38.3. The van der Waals surface area contributed by atoms with E-state index < -0.39 is 11.7 Å². The number of hydrogen-bond acceptors (Lipinski definition) is 1. The molecule has 0 aliphatic carbocycles. The van der Waals surface area contributed by atoms with E-state index in [0.717, 1.165) is 6.07 Å². The van der Waals surface area contributed by atoms with E-state index in [9.17, 15) is 13.2 Å². The van der Waals surface area contributed by atoms with Gasteiger partial charge in [-0.15, -0.1) is 0 Å². The predicted octanol–water partition coefficient (Wildman–Crippen LogP) is 4.01. The summed E-state index contributed by atoms with van der Waals surface area (Å²) in [6.07, 6.45) is -3.38. The minimum absolute atomic E-state index is 0.0901. The van der Waals surface area contributed by atoms with Crippen LogP contribution in [0.2, 0.25) is 0 Å². The Balaban J connectivity index is 2.80. The minimum Gasteiger partial charge on any atom is -0.327 e. The summed E-state index contributed by atoms with van der Waals surface area (Å²) in [4.78, 5) is 0. The minimum atomic E-state index is -4.29. The van der Waals surface area contributed by atoms with Gasteiger partial charge in [-0.3, -0.25) is 0 Å². The van der Waals surface area contributed by atoms with Crippen molar-refractivity contribution in [3.63, 3.8) is 0 Å². The van der Waals surface area contributed by atoms with Gasteiger partial charge in [0.25, 0.3) is 0 Å². The molecule has 0 spiro atoms. The molecule has 0 radical (unpaired) electrons. The molecule has 1 rings (SSSR count). The van der Waals surface area contributed by atoms with Gasteiger partial charge in [-0.2, -0.15) is 13.2 Å². The second-order valence-electron chi connectivity index (χ2n) is 5.67. The summed E-state index contributed by atoms with van der Waals surface area (Å²) in [7, 11) is 0. The molecule has 1 atom stereocenters. The number of halogens is 3. The van der Waals surface area contributed by atoms with Crippen molar-refractivity contribution in [1.29, 1.82) is 0 Å². The van der Waals surface area contributed by atoms with Crippen molar-refractivity contribution in [1.82, 2.24) is 0 Å². The zero-order valence-corrected chi connectivity index (χ0v) is 11.0. The van der Waals surface area contributed by atoms with Crippen LogP contribution in [0.5, 0.6) is 0 Å². The Labute approximate surface area is 106 Å². The molecule has 0 heterocycles. The van der Waals surface area contributed by atoms with Gasteiger partial charge in [0.2, 0.25) is 0 Å². The van der Waals surface area contributed by atoms with Gasteiger partial charge in [-0.25, -0.2) is 0 Å². The summed E-state index contributed by atoms with van der Waals surface area (Å²) in [5, 5.41) is 0. The molecule has 2 N–H and O–H groups in total. The number of alkyl halides is 3. The lowest BCUT2D eigenvalue weighted by Crippen LogP contribution is -2.35. The number of hydrogen-bond donors (Lipinski definition) is 1. The van der Waals surface area contributed by atoms with E-state index in [0.29, 0.717) is 18.4 Å². The molecule has 18 heavy (non-hydrogen) atoms. The monoisotopic (exact) mass is 259 g/mol. The highest BCUT2D eigenvalue weighted by Crippen LogP contribution is 2.33. The van der Waals surface area contributed by atoms with Crippen molar-refractivity contribution in [3.05, 3.63) is 35.4 Å². The summed E-state index contributed by atoms with van der Waals surface area (Å²) in [6, 6.07) is 5.58. The molecule has 1 nitrogen and oxygen atoms in total. The van der Waals surface area contributed by atoms with Gasteiger partial charge in [0.1, 0.15) is 0 Å². The Bertz CT molecular complexity index is 391. The van der Waals surface area contributed by atoms with E-state index in [1.54, 1.807) is 6.07 Å². The molecule has 0 fully saturated rings. The van der Waals surface area contributed by atoms with Crippen LogP contribution in [0.4, 0.5) is 13.2 Å². The van der Waals surface area contributed by atoms with Crippen LogP contribution in [-0.2, 0) is 12.6 Å². The quantitative estimate of drug-likeness (QED) is 0.872. The molecule has 0 bridgehead atoms. The van der Waals surface area contributed by atoms with Crippen LogP contribution in [0.25, 0.3) is 0 Å². The van der Waals surface area contributed by atoms with Gasteiger partial charge in [-0.1, -0.05) is 39.0 Å². The van der Waals surface area contributed by atoms with E-state index in [1.807, 2.05) is 20.8 Å². The molecular weight excluding hydrogens is 239 g/mol. The first-order valence-corrected chi connectivity index (χ1v) is 6.03. The molecule has 0 amide bonds. The molecule has 4 heteroatoms. The molecule has 102 valence electrons. The zero-order chi connectivity index (χ0) is 14.0. The Morgan fingerprint density at radius 2 is 1.67 bits per heavy atom. The van der Waals surface area contributed by atoms with Gasteiger partial charge >= 0.3 is 6.18 Å². The number of nitrogens with two attached hydrogens (primary N) is 1. The average Bonchev–Trinajstić information content (AvgIpc) is 2.23.